The van der Waals surface area contributed by atoms with E-state index in [9.17, 15) is 4.79 Å². The van der Waals surface area contributed by atoms with E-state index in [2.05, 4.69) is 15.3 Å². The third-order valence-electron chi connectivity index (χ3n) is 3.29. The molecule has 1 N–H and O–H groups in total. The number of esters is 1. The molecule has 0 saturated heterocycles. The van der Waals surface area contributed by atoms with Gasteiger partial charge in [-0.05, 0) is 32.4 Å². The van der Waals surface area contributed by atoms with Gasteiger partial charge in [0.1, 0.15) is 0 Å². The summed E-state index contributed by atoms with van der Waals surface area (Å²) in [7, 11) is 0. The van der Waals surface area contributed by atoms with Crippen LogP contribution in [-0.4, -0.2) is 22.5 Å². The highest BCUT2D eigenvalue weighted by molar-refractivity contribution is 5.85. The number of hydrogen-bond donors (Lipinski definition) is 1. The second-order valence-electron chi connectivity index (χ2n) is 4.88. The summed E-state index contributed by atoms with van der Waals surface area (Å²) in [6.45, 7) is 5.82. The molecule has 0 saturated carbocycles. The molecule has 5 nitrogen and oxygen atoms in total. The summed E-state index contributed by atoms with van der Waals surface area (Å²) >= 11 is 0. The van der Waals surface area contributed by atoms with Crippen molar-refractivity contribution in [2.75, 3.05) is 11.9 Å². The van der Waals surface area contributed by atoms with Crippen molar-refractivity contribution in [1.82, 2.24) is 9.97 Å². The number of aryl methyl sites for hydroxylation is 1. The predicted molar refractivity (Wildman–Crippen MR) is 80.8 cm³/mol. The highest BCUT2D eigenvalue weighted by Gasteiger charge is 2.38. The zero-order valence-corrected chi connectivity index (χ0v) is 12.5. The third kappa shape index (κ3) is 3.18. The summed E-state index contributed by atoms with van der Waals surface area (Å²) in [6.07, 6.45) is 4.71. The monoisotopic (exact) mass is 285 g/mol. The zero-order valence-electron chi connectivity index (χ0n) is 12.5. The van der Waals surface area contributed by atoms with Crippen LogP contribution in [0.1, 0.15) is 25.1 Å². The molecule has 1 unspecified atom stereocenters. The van der Waals surface area contributed by atoms with Gasteiger partial charge in [0, 0.05) is 18.1 Å². The number of carbonyl (C=O) groups excluding carboxylic acids is 1. The van der Waals surface area contributed by atoms with Gasteiger partial charge in [-0.25, -0.2) is 4.79 Å². The van der Waals surface area contributed by atoms with Crippen LogP contribution < -0.4 is 5.32 Å². The number of nitrogens with zero attached hydrogens (tertiary/aromatic N) is 2. The van der Waals surface area contributed by atoms with E-state index in [4.69, 9.17) is 4.74 Å². The van der Waals surface area contributed by atoms with E-state index in [1.165, 1.54) is 0 Å². The minimum atomic E-state index is -1.09. The van der Waals surface area contributed by atoms with E-state index in [0.29, 0.717) is 12.3 Å². The third-order valence-corrected chi connectivity index (χ3v) is 3.29. The van der Waals surface area contributed by atoms with E-state index >= 15 is 0 Å². The van der Waals surface area contributed by atoms with Crippen molar-refractivity contribution in [3.8, 4) is 0 Å². The maximum Gasteiger partial charge on any atom is 0.337 e. The Morgan fingerprint density at radius 1 is 1.33 bits per heavy atom. The number of hydrogen-bond acceptors (Lipinski definition) is 5. The van der Waals surface area contributed by atoms with Crippen molar-refractivity contribution < 1.29 is 9.53 Å². The Balaban J connectivity index is 2.42. The molecule has 0 amide bonds. The van der Waals surface area contributed by atoms with Crippen molar-refractivity contribution in [1.29, 1.82) is 0 Å². The van der Waals surface area contributed by atoms with Gasteiger partial charge in [0.25, 0.3) is 0 Å². The van der Waals surface area contributed by atoms with Crippen LogP contribution in [-0.2, 0) is 15.1 Å². The molecule has 110 valence electrons. The molecule has 0 bridgehead atoms. The molecular formula is C16H19N3O2. The van der Waals surface area contributed by atoms with Crippen LogP contribution in [0.25, 0.3) is 0 Å². The van der Waals surface area contributed by atoms with Crippen molar-refractivity contribution in [2.45, 2.75) is 26.3 Å². The quantitative estimate of drug-likeness (QED) is 0.856. The van der Waals surface area contributed by atoms with Crippen LogP contribution >= 0.6 is 0 Å². The highest BCUT2D eigenvalue weighted by atomic mass is 16.5. The maximum atomic E-state index is 12.4. The second kappa shape index (κ2) is 6.35. The van der Waals surface area contributed by atoms with Gasteiger partial charge >= 0.3 is 5.97 Å². The number of aromatic nitrogens is 2. The maximum absolute atomic E-state index is 12.4. The van der Waals surface area contributed by atoms with Crippen molar-refractivity contribution in [3.63, 3.8) is 0 Å². The molecule has 2 rings (SSSR count). The molecule has 1 aromatic carbocycles. The number of nitrogens with one attached hydrogen (secondary N) is 1. The molecule has 0 radical (unpaired) electrons. The number of anilines is 1. The van der Waals surface area contributed by atoms with Gasteiger partial charge in [-0.15, -0.1) is 0 Å². The fourth-order valence-electron chi connectivity index (χ4n) is 2.03. The number of ether oxygens (including phenoxy) is 1. The van der Waals surface area contributed by atoms with Crippen molar-refractivity contribution in [3.05, 3.63) is 54.1 Å². The second-order valence-corrected chi connectivity index (χ2v) is 4.88. The molecule has 1 aromatic heterocycles. The molecule has 21 heavy (non-hydrogen) atoms. The van der Waals surface area contributed by atoms with Gasteiger partial charge in [-0.1, -0.05) is 18.2 Å². The zero-order chi connectivity index (χ0) is 15.3. The Bertz CT molecular complexity index is 616. The lowest BCUT2D eigenvalue weighted by Gasteiger charge is -2.29. The summed E-state index contributed by atoms with van der Waals surface area (Å²) in [5, 5.41) is 3.25. The van der Waals surface area contributed by atoms with Crippen LogP contribution in [0.15, 0.2) is 42.9 Å². The van der Waals surface area contributed by atoms with E-state index in [1.54, 1.807) is 32.4 Å². The fraction of sp³-hybridized carbons (Fsp3) is 0.312. The number of carbonyl (C=O) groups is 1. The molecule has 0 aliphatic heterocycles. The van der Waals surface area contributed by atoms with Crippen molar-refractivity contribution in [2.24, 2.45) is 0 Å². The van der Waals surface area contributed by atoms with Gasteiger partial charge in [0.15, 0.2) is 5.54 Å². The molecule has 0 aliphatic carbocycles. The molecule has 1 heterocycles. The summed E-state index contributed by atoms with van der Waals surface area (Å²) in [5.41, 5.74) is 1.33. The van der Waals surface area contributed by atoms with E-state index < -0.39 is 5.54 Å². The topological polar surface area (TPSA) is 64.1 Å². The first kappa shape index (κ1) is 15.0. The largest absolute Gasteiger partial charge is 0.464 e. The average Bonchev–Trinajstić information content (AvgIpc) is 2.50. The summed E-state index contributed by atoms with van der Waals surface area (Å²) in [5.74, 6) is -0.381. The van der Waals surface area contributed by atoms with E-state index in [1.807, 2.05) is 31.2 Å². The minimum absolute atomic E-state index is 0.310. The summed E-state index contributed by atoms with van der Waals surface area (Å²) in [4.78, 5) is 20.7. The average molecular weight is 285 g/mol. The van der Waals surface area contributed by atoms with E-state index in [0.717, 1.165) is 11.3 Å². The van der Waals surface area contributed by atoms with Crippen LogP contribution in [0, 0.1) is 6.92 Å². The fourth-order valence-corrected chi connectivity index (χ4v) is 2.03. The lowest BCUT2D eigenvalue weighted by molar-refractivity contribution is -0.148. The molecule has 0 spiro atoms. The van der Waals surface area contributed by atoms with Crippen LogP contribution in [0.5, 0.6) is 0 Å². The molecular weight excluding hydrogens is 266 g/mol. The molecule has 1 atom stereocenters. The summed E-state index contributed by atoms with van der Waals surface area (Å²) < 4.78 is 5.20. The Hall–Kier alpha value is -2.43. The first-order valence-corrected chi connectivity index (χ1v) is 6.85. The van der Waals surface area contributed by atoms with E-state index in [-0.39, 0.29) is 5.97 Å². The Morgan fingerprint density at radius 2 is 2.10 bits per heavy atom. The number of rotatable bonds is 5. The van der Waals surface area contributed by atoms with Crippen LogP contribution in [0.2, 0.25) is 0 Å². The molecule has 5 heteroatoms. The Morgan fingerprint density at radius 3 is 2.71 bits per heavy atom. The Kier molecular flexibility index (Phi) is 4.52. The van der Waals surface area contributed by atoms with Gasteiger partial charge < -0.3 is 10.1 Å². The lowest BCUT2D eigenvalue weighted by Crippen LogP contribution is -2.43. The van der Waals surface area contributed by atoms with Crippen LogP contribution in [0.3, 0.4) is 0 Å². The van der Waals surface area contributed by atoms with Gasteiger partial charge in [-0.2, -0.15) is 0 Å². The minimum Gasteiger partial charge on any atom is -0.464 e. The molecule has 0 fully saturated rings. The highest BCUT2D eigenvalue weighted by Crippen LogP contribution is 2.27. The smallest absolute Gasteiger partial charge is 0.337 e. The SMILES string of the molecule is CCOC(=O)C(C)(Nc1ccccc1C)c1cnccn1. The molecule has 2 aromatic rings. The lowest BCUT2D eigenvalue weighted by atomic mass is 9.97. The number of para-hydroxylation sites is 1. The van der Waals surface area contributed by atoms with Crippen molar-refractivity contribution >= 4 is 11.7 Å². The summed E-state index contributed by atoms with van der Waals surface area (Å²) in [6, 6.07) is 7.76. The molecule has 0 aliphatic rings. The number of benzene rings is 1. The normalized spacial score (nSPS) is 13.3. The van der Waals surface area contributed by atoms with Gasteiger partial charge in [0.2, 0.25) is 0 Å². The van der Waals surface area contributed by atoms with Gasteiger partial charge in [0.05, 0.1) is 18.5 Å². The Labute approximate surface area is 124 Å². The predicted octanol–water partition coefficient (Wildman–Crippen LogP) is 2.68. The standard InChI is InChI=1S/C16H19N3O2/c1-4-21-15(20)16(3,14-11-17-9-10-18-14)19-13-8-6-5-7-12(13)2/h5-11,19H,4H2,1-3H3. The van der Waals surface area contributed by atoms with Gasteiger partial charge in [-0.3, -0.25) is 9.97 Å². The first-order chi connectivity index (χ1) is 10.1. The first-order valence-electron chi connectivity index (χ1n) is 6.85. The van der Waals surface area contributed by atoms with Crippen LogP contribution in [0.4, 0.5) is 5.69 Å².